The van der Waals surface area contributed by atoms with Crippen LogP contribution in [0.1, 0.15) is 18.1 Å². The number of rotatable bonds is 5. The van der Waals surface area contributed by atoms with Gasteiger partial charge in [0.1, 0.15) is 0 Å². The molecular formula is C12H13NO5. The van der Waals surface area contributed by atoms with Gasteiger partial charge >= 0.3 is 5.97 Å². The molecule has 1 aromatic carbocycles. The van der Waals surface area contributed by atoms with E-state index in [1.54, 1.807) is 19.9 Å². The number of nitrogens with zero attached hydrogens (tertiary/aromatic N) is 1. The van der Waals surface area contributed by atoms with Gasteiger partial charge in [-0.05, 0) is 19.4 Å². The Kier molecular flexibility index (Phi) is 4.53. The van der Waals surface area contributed by atoms with Crippen LogP contribution in [0.3, 0.4) is 0 Å². The fraction of sp³-hybridized carbons (Fsp3) is 0.333. The van der Waals surface area contributed by atoms with Crippen molar-refractivity contribution >= 4 is 17.4 Å². The number of nitro groups is 1. The maximum atomic E-state index is 11.5. The fourth-order valence-electron chi connectivity index (χ4n) is 1.53. The highest BCUT2D eigenvalue weighted by molar-refractivity contribution is 6.34. The lowest BCUT2D eigenvalue weighted by atomic mass is 10.0. The molecule has 0 atom stereocenters. The van der Waals surface area contributed by atoms with Crippen LogP contribution in [0.4, 0.5) is 5.69 Å². The predicted octanol–water partition coefficient (Wildman–Crippen LogP) is 1.58. The van der Waals surface area contributed by atoms with E-state index in [-0.39, 0.29) is 24.3 Å². The van der Waals surface area contributed by atoms with Gasteiger partial charge in [0.15, 0.2) is 0 Å². The maximum absolute atomic E-state index is 11.5. The van der Waals surface area contributed by atoms with Crippen LogP contribution in [0.2, 0.25) is 0 Å². The molecule has 0 radical (unpaired) electrons. The highest BCUT2D eigenvalue weighted by atomic mass is 16.6. The Hall–Kier alpha value is -2.24. The fourth-order valence-corrected chi connectivity index (χ4v) is 1.53. The van der Waals surface area contributed by atoms with Gasteiger partial charge in [0.05, 0.1) is 18.0 Å². The van der Waals surface area contributed by atoms with Gasteiger partial charge in [-0.2, -0.15) is 0 Å². The molecule has 0 N–H and O–H groups in total. The molecule has 0 aromatic heterocycles. The van der Waals surface area contributed by atoms with Crippen molar-refractivity contribution in [2.24, 2.45) is 0 Å². The number of benzene rings is 1. The number of carbonyl (C=O) groups is 2. The van der Waals surface area contributed by atoms with E-state index in [1.807, 2.05) is 0 Å². The van der Waals surface area contributed by atoms with Crippen molar-refractivity contribution in [1.29, 1.82) is 0 Å². The molecule has 0 aliphatic rings. The summed E-state index contributed by atoms with van der Waals surface area (Å²) in [5.74, 6) is -1.75. The Balaban J connectivity index is 3.00. The average molecular weight is 251 g/mol. The highest BCUT2D eigenvalue weighted by Gasteiger charge is 2.22. The molecule has 6 heteroatoms. The molecule has 18 heavy (non-hydrogen) atoms. The van der Waals surface area contributed by atoms with Gasteiger partial charge in [-0.3, -0.25) is 14.9 Å². The minimum absolute atomic E-state index is 0.0977. The summed E-state index contributed by atoms with van der Waals surface area (Å²) in [6.45, 7) is 3.34. The number of hydrogen-bond donors (Lipinski definition) is 0. The summed E-state index contributed by atoms with van der Waals surface area (Å²) in [6, 6.07) is 4.49. The van der Waals surface area contributed by atoms with Gasteiger partial charge < -0.3 is 4.74 Å². The summed E-state index contributed by atoms with van der Waals surface area (Å²) in [5, 5.41) is 10.8. The number of Topliss-reactive ketones (excluding diaryl/α,β-unsaturated/α-hetero) is 1. The number of esters is 1. The Bertz CT molecular complexity index is 495. The molecule has 0 amide bonds. The summed E-state index contributed by atoms with van der Waals surface area (Å²) in [7, 11) is 0. The van der Waals surface area contributed by atoms with Crippen LogP contribution in [-0.4, -0.2) is 23.3 Å². The van der Waals surface area contributed by atoms with E-state index in [9.17, 15) is 19.7 Å². The lowest BCUT2D eigenvalue weighted by Gasteiger charge is -2.05. The van der Waals surface area contributed by atoms with Crippen molar-refractivity contribution in [1.82, 2.24) is 0 Å². The van der Waals surface area contributed by atoms with Crippen molar-refractivity contribution in [3.8, 4) is 0 Å². The molecule has 0 saturated heterocycles. The van der Waals surface area contributed by atoms with Crippen LogP contribution in [-0.2, 0) is 20.7 Å². The van der Waals surface area contributed by atoms with Crippen LogP contribution in [0.25, 0.3) is 0 Å². The zero-order chi connectivity index (χ0) is 13.7. The molecule has 1 rings (SSSR count). The summed E-state index contributed by atoms with van der Waals surface area (Å²) < 4.78 is 4.56. The smallest absolute Gasteiger partial charge is 0.374 e. The molecule has 96 valence electrons. The normalized spacial score (nSPS) is 9.89. The first kappa shape index (κ1) is 13.8. The Morgan fingerprint density at radius 1 is 1.39 bits per heavy atom. The predicted molar refractivity (Wildman–Crippen MR) is 63.2 cm³/mol. The van der Waals surface area contributed by atoms with Gasteiger partial charge in [-0.15, -0.1) is 0 Å². The third-order valence-electron chi connectivity index (χ3n) is 2.42. The highest BCUT2D eigenvalue weighted by Crippen LogP contribution is 2.22. The Labute approximate surface area is 104 Å². The van der Waals surface area contributed by atoms with Crippen LogP contribution in [0.5, 0.6) is 0 Å². The summed E-state index contributed by atoms with van der Waals surface area (Å²) >= 11 is 0. The quantitative estimate of drug-likeness (QED) is 0.343. The number of hydrogen-bond acceptors (Lipinski definition) is 5. The molecule has 0 aliphatic heterocycles. The lowest BCUT2D eigenvalue weighted by Crippen LogP contribution is -2.20. The summed E-state index contributed by atoms with van der Waals surface area (Å²) in [5.41, 5.74) is 0.690. The van der Waals surface area contributed by atoms with E-state index in [1.165, 1.54) is 12.1 Å². The molecule has 1 aromatic rings. The Morgan fingerprint density at radius 2 is 2.06 bits per heavy atom. The van der Waals surface area contributed by atoms with E-state index in [0.717, 1.165) is 0 Å². The minimum Gasteiger partial charge on any atom is -0.460 e. The second-order valence-corrected chi connectivity index (χ2v) is 3.65. The van der Waals surface area contributed by atoms with E-state index >= 15 is 0 Å². The second kappa shape index (κ2) is 5.90. The largest absolute Gasteiger partial charge is 0.460 e. The van der Waals surface area contributed by atoms with Crippen LogP contribution < -0.4 is 0 Å². The zero-order valence-electron chi connectivity index (χ0n) is 10.1. The molecule has 0 heterocycles. The van der Waals surface area contributed by atoms with Gasteiger partial charge in [-0.25, -0.2) is 4.79 Å². The lowest BCUT2D eigenvalue weighted by molar-refractivity contribution is -0.385. The molecule has 0 aliphatic carbocycles. The first-order chi connectivity index (χ1) is 8.47. The molecule has 0 bridgehead atoms. The second-order valence-electron chi connectivity index (χ2n) is 3.65. The van der Waals surface area contributed by atoms with Gasteiger partial charge in [0.2, 0.25) is 5.78 Å². The molecule has 0 unspecified atom stereocenters. The monoisotopic (exact) mass is 251 g/mol. The van der Waals surface area contributed by atoms with Crippen LogP contribution >= 0.6 is 0 Å². The topological polar surface area (TPSA) is 86.5 Å². The SMILES string of the molecule is CCOC(=O)C(=O)Cc1c(C)cccc1[N+](=O)[O-]. The molecular weight excluding hydrogens is 238 g/mol. The van der Waals surface area contributed by atoms with Gasteiger partial charge in [-0.1, -0.05) is 12.1 Å². The first-order valence-electron chi connectivity index (χ1n) is 5.40. The van der Waals surface area contributed by atoms with E-state index < -0.39 is 16.7 Å². The number of ketones is 1. The van der Waals surface area contributed by atoms with Crippen molar-refractivity contribution in [3.63, 3.8) is 0 Å². The van der Waals surface area contributed by atoms with Crippen LogP contribution in [0, 0.1) is 17.0 Å². The molecule has 0 saturated carbocycles. The minimum atomic E-state index is -0.963. The van der Waals surface area contributed by atoms with E-state index in [4.69, 9.17) is 0 Å². The third-order valence-corrected chi connectivity index (χ3v) is 2.42. The maximum Gasteiger partial charge on any atom is 0.374 e. The summed E-state index contributed by atoms with van der Waals surface area (Å²) in [6.07, 6.45) is -0.318. The molecule has 6 nitrogen and oxygen atoms in total. The van der Waals surface area contributed by atoms with E-state index in [2.05, 4.69) is 4.74 Å². The van der Waals surface area contributed by atoms with E-state index in [0.29, 0.717) is 5.56 Å². The standard InChI is InChI=1S/C12H13NO5/c1-3-18-12(15)11(14)7-9-8(2)5-4-6-10(9)13(16)17/h4-6H,3,7H2,1-2H3. The third kappa shape index (κ3) is 3.13. The van der Waals surface area contributed by atoms with Crippen LogP contribution in [0.15, 0.2) is 18.2 Å². The van der Waals surface area contributed by atoms with Crippen molar-refractivity contribution in [3.05, 3.63) is 39.4 Å². The van der Waals surface area contributed by atoms with Crippen molar-refractivity contribution in [2.75, 3.05) is 6.61 Å². The first-order valence-corrected chi connectivity index (χ1v) is 5.40. The number of ether oxygens (including phenoxy) is 1. The zero-order valence-corrected chi connectivity index (χ0v) is 10.1. The number of carbonyl (C=O) groups excluding carboxylic acids is 2. The van der Waals surface area contributed by atoms with Crippen molar-refractivity contribution in [2.45, 2.75) is 20.3 Å². The average Bonchev–Trinajstić information content (AvgIpc) is 2.31. The summed E-state index contributed by atoms with van der Waals surface area (Å²) in [4.78, 5) is 33.0. The Morgan fingerprint density at radius 3 is 2.61 bits per heavy atom. The molecule has 0 spiro atoms. The van der Waals surface area contributed by atoms with Crippen molar-refractivity contribution < 1.29 is 19.2 Å². The number of nitro benzene ring substituents is 1. The van der Waals surface area contributed by atoms with Gasteiger partial charge in [0, 0.05) is 11.6 Å². The van der Waals surface area contributed by atoms with Gasteiger partial charge in [0.25, 0.3) is 5.69 Å². The molecule has 0 fully saturated rings. The number of aryl methyl sites for hydroxylation is 1.